The average molecular weight is 421 g/mol. The van der Waals surface area contributed by atoms with Gasteiger partial charge >= 0.3 is 11.9 Å². The first kappa shape index (κ1) is 21.8. The van der Waals surface area contributed by atoms with E-state index in [0.717, 1.165) is 11.3 Å². The van der Waals surface area contributed by atoms with Crippen LogP contribution < -0.4 is 5.32 Å². The highest BCUT2D eigenvalue weighted by atomic mass is 16.5. The van der Waals surface area contributed by atoms with Gasteiger partial charge in [-0.15, -0.1) is 0 Å². The number of esters is 2. The standard InChI is InChI=1S/C23H23N3O5/c1-15-21(16(2)26(25-15)19-7-5-4-6-8-19)23(29)31-14-20(27)24-13-17-9-11-18(12-10-17)22(28)30-3/h4-12H,13-14H2,1-3H3,(H,24,27). The van der Waals surface area contributed by atoms with Gasteiger partial charge in [-0.25, -0.2) is 14.3 Å². The molecule has 31 heavy (non-hydrogen) atoms. The van der Waals surface area contributed by atoms with Gasteiger partial charge in [0.05, 0.1) is 29.7 Å². The van der Waals surface area contributed by atoms with E-state index in [0.29, 0.717) is 22.5 Å². The molecule has 0 unspecified atom stereocenters. The minimum atomic E-state index is -0.602. The van der Waals surface area contributed by atoms with E-state index in [1.807, 2.05) is 30.3 Å². The van der Waals surface area contributed by atoms with E-state index in [-0.39, 0.29) is 6.54 Å². The molecule has 0 aliphatic rings. The Balaban J connectivity index is 1.55. The van der Waals surface area contributed by atoms with Gasteiger partial charge in [0, 0.05) is 6.54 Å². The molecule has 160 valence electrons. The second kappa shape index (κ2) is 9.71. The largest absolute Gasteiger partial charge is 0.465 e. The molecule has 1 N–H and O–H groups in total. The van der Waals surface area contributed by atoms with Crippen LogP contribution in [0.3, 0.4) is 0 Å². The molecule has 0 fully saturated rings. The maximum absolute atomic E-state index is 12.5. The molecule has 8 nitrogen and oxygen atoms in total. The fourth-order valence-electron chi connectivity index (χ4n) is 3.09. The topological polar surface area (TPSA) is 99.5 Å². The molecule has 0 spiro atoms. The van der Waals surface area contributed by atoms with Crippen molar-refractivity contribution in [3.63, 3.8) is 0 Å². The Kier molecular flexibility index (Phi) is 6.81. The van der Waals surface area contributed by atoms with Crippen molar-refractivity contribution in [1.29, 1.82) is 0 Å². The fraction of sp³-hybridized carbons (Fsp3) is 0.217. The van der Waals surface area contributed by atoms with Gasteiger partial charge in [-0.05, 0) is 43.7 Å². The van der Waals surface area contributed by atoms with E-state index in [2.05, 4.69) is 15.2 Å². The van der Waals surface area contributed by atoms with Gasteiger partial charge in [0.2, 0.25) is 0 Å². The quantitative estimate of drug-likeness (QED) is 0.589. The van der Waals surface area contributed by atoms with Crippen LogP contribution in [-0.4, -0.2) is 41.3 Å². The molecule has 0 radical (unpaired) electrons. The van der Waals surface area contributed by atoms with Gasteiger partial charge in [-0.2, -0.15) is 5.10 Å². The van der Waals surface area contributed by atoms with Crippen molar-refractivity contribution in [3.05, 3.63) is 82.7 Å². The minimum Gasteiger partial charge on any atom is -0.465 e. The summed E-state index contributed by atoms with van der Waals surface area (Å²) in [5.74, 6) is -1.46. The summed E-state index contributed by atoms with van der Waals surface area (Å²) >= 11 is 0. The number of carbonyl (C=O) groups is 3. The SMILES string of the molecule is COC(=O)c1ccc(CNC(=O)COC(=O)c2c(C)nn(-c3ccccc3)c2C)cc1. The van der Waals surface area contributed by atoms with Crippen LogP contribution in [0.15, 0.2) is 54.6 Å². The summed E-state index contributed by atoms with van der Waals surface area (Å²) in [7, 11) is 1.31. The molecular formula is C23H23N3O5. The van der Waals surface area contributed by atoms with E-state index in [1.54, 1.807) is 42.8 Å². The summed E-state index contributed by atoms with van der Waals surface area (Å²) in [5, 5.41) is 7.09. The molecule has 2 aromatic carbocycles. The molecule has 0 aliphatic heterocycles. The number of ether oxygens (including phenoxy) is 2. The van der Waals surface area contributed by atoms with Crippen molar-refractivity contribution >= 4 is 17.8 Å². The highest BCUT2D eigenvalue weighted by molar-refractivity contribution is 5.93. The Morgan fingerprint density at radius 1 is 0.968 bits per heavy atom. The van der Waals surface area contributed by atoms with Crippen molar-refractivity contribution in [3.8, 4) is 5.69 Å². The van der Waals surface area contributed by atoms with Gasteiger partial charge in [-0.3, -0.25) is 4.79 Å². The molecule has 1 amide bonds. The van der Waals surface area contributed by atoms with Gasteiger partial charge in [0.1, 0.15) is 5.56 Å². The molecule has 3 rings (SSSR count). The maximum atomic E-state index is 12.5. The summed E-state index contributed by atoms with van der Waals surface area (Å²) in [6.07, 6.45) is 0. The van der Waals surface area contributed by atoms with Crippen LogP contribution in [0, 0.1) is 13.8 Å². The molecule has 0 aliphatic carbocycles. The van der Waals surface area contributed by atoms with Crippen molar-refractivity contribution in [2.24, 2.45) is 0 Å². The summed E-state index contributed by atoms with van der Waals surface area (Å²) in [4.78, 5) is 36.1. The van der Waals surface area contributed by atoms with Crippen LogP contribution in [0.4, 0.5) is 0 Å². The summed E-state index contributed by atoms with van der Waals surface area (Å²) < 4.78 is 11.5. The first-order valence-electron chi connectivity index (χ1n) is 9.63. The Labute approximate surface area is 179 Å². The molecule has 0 saturated carbocycles. The molecule has 0 bridgehead atoms. The zero-order chi connectivity index (χ0) is 22.4. The van der Waals surface area contributed by atoms with Crippen LogP contribution in [0.25, 0.3) is 5.69 Å². The Morgan fingerprint density at radius 2 is 1.65 bits per heavy atom. The van der Waals surface area contributed by atoms with Crippen LogP contribution in [0.2, 0.25) is 0 Å². The number of amides is 1. The van der Waals surface area contributed by atoms with E-state index in [4.69, 9.17) is 4.74 Å². The lowest BCUT2D eigenvalue weighted by molar-refractivity contribution is -0.124. The maximum Gasteiger partial charge on any atom is 0.342 e. The third-order valence-corrected chi connectivity index (χ3v) is 4.70. The number of rotatable bonds is 7. The van der Waals surface area contributed by atoms with Crippen molar-refractivity contribution in [2.45, 2.75) is 20.4 Å². The highest BCUT2D eigenvalue weighted by Crippen LogP contribution is 2.18. The Morgan fingerprint density at radius 3 is 2.29 bits per heavy atom. The lowest BCUT2D eigenvalue weighted by atomic mass is 10.1. The number of hydrogen-bond donors (Lipinski definition) is 1. The zero-order valence-corrected chi connectivity index (χ0v) is 17.5. The van der Waals surface area contributed by atoms with Gasteiger partial charge in [0.15, 0.2) is 6.61 Å². The third-order valence-electron chi connectivity index (χ3n) is 4.70. The summed E-state index contributed by atoms with van der Waals surface area (Å²) in [5.41, 5.74) is 3.56. The van der Waals surface area contributed by atoms with Gasteiger partial charge < -0.3 is 14.8 Å². The number of nitrogens with zero attached hydrogens (tertiary/aromatic N) is 2. The number of nitrogens with one attached hydrogen (secondary N) is 1. The lowest BCUT2D eigenvalue weighted by Crippen LogP contribution is -2.28. The molecule has 3 aromatic rings. The van der Waals surface area contributed by atoms with Gasteiger partial charge in [-0.1, -0.05) is 30.3 Å². The normalized spacial score (nSPS) is 10.4. The lowest BCUT2D eigenvalue weighted by Gasteiger charge is -2.08. The molecule has 0 atom stereocenters. The predicted molar refractivity (Wildman–Crippen MR) is 113 cm³/mol. The predicted octanol–water partition coefficient (Wildman–Crippen LogP) is 2.75. The minimum absolute atomic E-state index is 0.238. The number of hydrogen-bond acceptors (Lipinski definition) is 6. The molecular weight excluding hydrogens is 398 g/mol. The average Bonchev–Trinajstić information content (AvgIpc) is 3.10. The van der Waals surface area contributed by atoms with E-state index in [1.165, 1.54) is 7.11 Å². The third kappa shape index (κ3) is 5.16. The second-order valence-corrected chi connectivity index (χ2v) is 6.83. The van der Waals surface area contributed by atoms with E-state index in [9.17, 15) is 14.4 Å². The van der Waals surface area contributed by atoms with E-state index >= 15 is 0 Å². The number of benzene rings is 2. The number of carbonyl (C=O) groups excluding carboxylic acids is 3. The first-order valence-corrected chi connectivity index (χ1v) is 9.63. The molecule has 0 saturated heterocycles. The number of methoxy groups -OCH3 is 1. The Hall–Kier alpha value is -3.94. The van der Waals surface area contributed by atoms with Crippen molar-refractivity contribution in [1.82, 2.24) is 15.1 Å². The van der Waals surface area contributed by atoms with Crippen LogP contribution in [-0.2, 0) is 20.8 Å². The van der Waals surface area contributed by atoms with Gasteiger partial charge in [0.25, 0.3) is 5.91 Å². The van der Waals surface area contributed by atoms with Crippen molar-refractivity contribution in [2.75, 3.05) is 13.7 Å². The first-order chi connectivity index (χ1) is 14.9. The smallest absolute Gasteiger partial charge is 0.342 e. The summed E-state index contributed by atoms with van der Waals surface area (Å²) in [6, 6.07) is 16.1. The molecule has 1 aromatic heterocycles. The number of aromatic nitrogens is 2. The molecule has 8 heteroatoms. The highest BCUT2D eigenvalue weighted by Gasteiger charge is 2.21. The Bertz CT molecular complexity index is 1090. The second-order valence-electron chi connectivity index (χ2n) is 6.83. The van der Waals surface area contributed by atoms with Crippen LogP contribution >= 0.6 is 0 Å². The monoisotopic (exact) mass is 421 g/mol. The summed E-state index contributed by atoms with van der Waals surface area (Å²) in [6.45, 7) is 3.33. The molecule has 1 heterocycles. The van der Waals surface area contributed by atoms with Crippen molar-refractivity contribution < 1.29 is 23.9 Å². The number of aryl methyl sites for hydroxylation is 1. The fourth-order valence-corrected chi connectivity index (χ4v) is 3.09. The van der Waals surface area contributed by atoms with E-state index < -0.39 is 24.5 Å². The zero-order valence-electron chi connectivity index (χ0n) is 17.5. The van der Waals surface area contributed by atoms with Crippen LogP contribution in [0.1, 0.15) is 37.7 Å². The number of para-hydroxylation sites is 1. The van der Waals surface area contributed by atoms with Crippen LogP contribution in [0.5, 0.6) is 0 Å².